The molecule has 0 aliphatic carbocycles. The Bertz CT molecular complexity index is 1290. The maximum absolute atomic E-state index is 14.0. The summed E-state index contributed by atoms with van der Waals surface area (Å²) < 4.78 is 79.5. The van der Waals surface area contributed by atoms with E-state index in [1.54, 1.807) is 25.1 Å². The van der Waals surface area contributed by atoms with Crippen molar-refractivity contribution in [1.82, 2.24) is 14.9 Å². The van der Waals surface area contributed by atoms with E-state index >= 15 is 0 Å². The number of alkyl halides is 3. The second-order valence-electron chi connectivity index (χ2n) is 9.30. The Morgan fingerprint density at radius 1 is 1.18 bits per heavy atom. The number of carbonyl (C=O) groups excluding carboxylic acids is 1. The Hall–Kier alpha value is -1.99. The van der Waals surface area contributed by atoms with Crippen molar-refractivity contribution >= 4 is 38.3 Å². The highest BCUT2D eigenvalue weighted by molar-refractivity contribution is 7.88. The van der Waals surface area contributed by atoms with Crippen LogP contribution in [0.1, 0.15) is 46.8 Å². The number of piperidine rings is 1. The zero-order valence-corrected chi connectivity index (χ0v) is 23.5. The first-order chi connectivity index (χ1) is 17.8. The first kappa shape index (κ1) is 30.6. The number of hydrogen-bond acceptors (Lipinski definition) is 5. The fourth-order valence-electron chi connectivity index (χ4n) is 4.43. The minimum atomic E-state index is -4.67. The van der Waals surface area contributed by atoms with Gasteiger partial charge in [0.25, 0.3) is 5.91 Å². The van der Waals surface area contributed by atoms with Crippen LogP contribution in [0.2, 0.25) is 5.02 Å². The highest BCUT2D eigenvalue weighted by Crippen LogP contribution is 2.34. The van der Waals surface area contributed by atoms with Crippen molar-refractivity contribution in [2.75, 3.05) is 31.6 Å². The molecule has 0 saturated carbocycles. The van der Waals surface area contributed by atoms with Crippen LogP contribution in [0.15, 0.2) is 41.3 Å². The third-order valence-corrected chi connectivity index (χ3v) is 8.62. The van der Waals surface area contributed by atoms with Crippen LogP contribution in [-0.2, 0) is 40.1 Å². The van der Waals surface area contributed by atoms with Gasteiger partial charge in [0.2, 0.25) is 10.0 Å². The summed E-state index contributed by atoms with van der Waals surface area (Å²) >= 11 is 6.04. The van der Waals surface area contributed by atoms with E-state index in [0.29, 0.717) is 34.3 Å². The number of amides is 1. The van der Waals surface area contributed by atoms with Gasteiger partial charge in [0, 0.05) is 47.4 Å². The molecule has 1 unspecified atom stereocenters. The van der Waals surface area contributed by atoms with Crippen LogP contribution in [0, 0.1) is 5.92 Å². The summed E-state index contributed by atoms with van der Waals surface area (Å²) in [6, 6.07) is 8.30. The van der Waals surface area contributed by atoms with Crippen molar-refractivity contribution in [3.63, 3.8) is 0 Å². The quantitative estimate of drug-likeness (QED) is 0.431. The van der Waals surface area contributed by atoms with Gasteiger partial charge in [-0.25, -0.2) is 13.1 Å². The molecule has 1 fully saturated rings. The summed E-state index contributed by atoms with van der Waals surface area (Å²) in [7, 11) is -4.65. The van der Waals surface area contributed by atoms with Crippen molar-refractivity contribution in [1.29, 1.82) is 0 Å². The van der Waals surface area contributed by atoms with Crippen molar-refractivity contribution < 1.29 is 30.6 Å². The Morgan fingerprint density at radius 2 is 1.92 bits per heavy atom. The summed E-state index contributed by atoms with van der Waals surface area (Å²) in [6.45, 7) is 3.03. The first-order valence-electron chi connectivity index (χ1n) is 12.1. The van der Waals surface area contributed by atoms with E-state index in [4.69, 9.17) is 11.6 Å². The van der Waals surface area contributed by atoms with Gasteiger partial charge in [0.1, 0.15) is 0 Å². The number of rotatable bonds is 10. The largest absolute Gasteiger partial charge is 0.416 e. The van der Waals surface area contributed by atoms with Crippen molar-refractivity contribution in [3.05, 3.63) is 63.7 Å². The molecule has 2 atom stereocenters. The summed E-state index contributed by atoms with van der Waals surface area (Å²) in [5.41, 5.74) is -0.461. The topological polar surface area (TPSA) is 95.6 Å². The van der Waals surface area contributed by atoms with E-state index in [0.717, 1.165) is 25.2 Å². The number of likely N-dealkylation sites (tertiary alicyclic amines) is 1. The number of carbonyl (C=O) groups is 1. The lowest BCUT2D eigenvalue weighted by molar-refractivity contribution is -0.138. The Morgan fingerprint density at radius 3 is 2.58 bits per heavy atom. The molecule has 0 aromatic heterocycles. The third-order valence-electron chi connectivity index (χ3n) is 6.28. The maximum atomic E-state index is 14.0. The molecule has 2 aromatic carbocycles. The molecular weight excluding hydrogens is 563 g/mol. The van der Waals surface area contributed by atoms with E-state index in [2.05, 4.69) is 10.0 Å². The smallest absolute Gasteiger partial charge is 0.348 e. The molecule has 0 spiro atoms. The van der Waals surface area contributed by atoms with Crippen LogP contribution < -0.4 is 10.0 Å². The second-order valence-corrected chi connectivity index (χ2v) is 13.3. The molecule has 0 radical (unpaired) electrons. The summed E-state index contributed by atoms with van der Waals surface area (Å²) in [4.78, 5) is 15.2. The molecule has 2 aromatic rings. The third kappa shape index (κ3) is 8.77. The van der Waals surface area contributed by atoms with Gasteiger partial charge in [-0.05, 0) is 66.8 Å². The molecule has 1 aliphatic heterocycles. The van der Waals surface area contributed by atoms with Crippen LogP contribution >= 0.6 is 11.6 Å². The van der Waals surface area contributed by atoms with Gasteiger partial charge in [0.05, 0.1) is 22.6 Å². The van der Waals surface area contributed by atoms with Crippen LogP contribution in [0.3, 0.4) is 0 Å². The van der Waals surface area contributed by atoms with E-state index in [1.807, 2.05) is 4.90 Å². The lowest BCUT2D eigenvalue weighted by atomic mass is 9.96. The molecule has 1 amide bonds. The van der Waals surface area contributed by atoms with Gasteiger partial charge in [-0.2, -0.15) is 13.2 Å². The Kier molecular flexibility index (Phi) is 10.4. The van der Waals surface area contributed by atoms with Gasteiger partial charge in [0.15, 0.2) is 0 Å². The van der Waals surface area contributed by atoms with Gasteiger partial charge >= 0.3 is 6.18 Å². The zero-order valence-electron chi connectivity index (χ0n) is 21.1. The van der Waals surface area contributed by atoms with Gasteiger partial charge in [-0.15, -0.1) is 0 Å². The molecule has 1 aliphatic rings. The van der Waals surface area contributed by atoms with Crippen LogP contribution in [0.25, 0.3) is 0 Å². The second kappa shape index (κ2) is 12.9. The predicted octanol–water partition coefficient (Wildman–Crippen LogP) is 4.18. The maximum Gasteiger partial charge on any atom is 0.416 e. The fourth-order valence-corrected chi connectivity index (χ4v) is 6.12. The SMILES string of the molecule is CCS(=O)c1ccc(Cl)cc1CNC(=O)c1ccc(CN2CCC[C@@H](CNS(C)(=O)=O)C2)c(C(F)(F)F)c1. The lowest BCUT2D eigenvalue weighted by Crippen LogP contribution is -2.40. The number of halogens is 4. The van der Waals surface area contributed by atoms with Crippen molar-refractivity contribution in [2.45, 2.75) is 43.9 Å². The lowest BCUT2D eigenvalue weighted by Gasteiger charge is -2.33. The highest BCUT2D eigenvalue weighted by Gasteiger charge is 2.35. The molecule has 1 saturated heterocycles. The average molecular weight is 594 g/mol. The number of hydrogen-bond donors (Lipinski definition) is 2. The molecule has 13 heteroatoms. The number of nitrogens with one attached hydrogen (secondary N) is 2. The summed E-state index contributed by atoms with van der Waals surface area (Å²) in [5.74, 6) is -0.332. The van der Waals surface area contributed by atoms with Gasteiger partial charge in [-0.3, -0.25) is 13.9 Å². The Labute approximate surface area is 228 Å². The van der Waals surface area contributed by atoms with Gasteiger partial charge in [-0.1, -0.05) is 24.6 Å². The summed E-state index contributed by atoms with van der Waals surface area (Å²) in [6.07, 6.45) is -2.07. The molecule has 38 heavy (non-hydrogen) atoms. The van der Waals surface area contributed by atoms with Crippen LogP contribution in [0.5, 0.6) is 0 Å². The number of nitrogens with zero attached hydrogens (tertiary/aromatic N) is 1. The average Bonchev–Trinajstić information content (AvgIpc) is 2.85. The molecule has 210 valence electrons. The van der Waals surface area contributed by atoms with E-state index in [9.17, 15) is 30.6 Å². The zero-order chi connectivity index (χ0) is 28.1. The molecule has 0 bridgehead atoms. The molecular formula is C25H31ClF3N3O4S2. The monoisotopic (exact) mass is 593 g/mol. The summed E-state index contributed by atoms with van der Waals surface area (Å²) in [5, 5.41) is 3.00. The first-order valence-corrected chi connectivity index (χ1v) is 15.7. The minimum absolute atomic E-state index is 0.00344. The van der Waals surface area contributed by atoms with Crippen molar-refractivity contribution in [2.24, 2.45) is 5.92 Å². The van der Waals surface area contributed by atoms with Crippen LogP contribution in [0.4, 0.5) is 13.2 Å². The molecule has 7 nitrogen and oxygen atoms in total. The van der Waals surface area contributed by atoms with E-state index < -0.39 is 38.5 Å². The Balaban J connectivity index is 1.74. The molecule has 2 N–H and O–H groups in total. The minimum Gasteiger partial charge on any atom is -0.348 e. The molecule has 1 heterocycles. The predicted molar refractivity (Wildman–Crippen MR) is 142 cm³/mol. The van der Waals surface area contributed by atoms with Gasteiger partial charge < -0.3 is 5.32 Å². The fraction of sp³-hybridized carbons (Fsp3) is 0.480. The highest BCUT2D eigenvalue weighted by atomic mass is 35.5. The van der Waals surface area contributed by atoms with E-state index in [-0.39, 0.29) is 36.7 Å². The van der Waals surface area contributed by atoms with E-state index in [1.165, 1.54) is 12.1 Å². The molecule has 3 rings (SSSR count). The van der Waals surface area contributed by atoms with Crippen LogP contribution in [-0.4, -0.2) is 55.1 Å². The number of sulfonamides is 1. The standard InChI is InChI=1S/C25H31ClF3N3O4S2/c1-3-37(34)23-9-8-21(26)11-20(23)14-30-24(33)18-6-7-19(22(12-18)25(27,28)29)16-32-10-4-5-17(15-32)13-31-38(2,35)36/h6-9,11-12,17,31H,3-5,10,13-16H2,1-2H3,(H,30,33)/t17-,37?/m0/s1. The van der Waals surface area contributed by atoms with Crippen molar-refractivity contribution in [3.8, 4) is 0 Å². The normalized spacial score (nSPS) is 17.8. The number of benzene rings is 2.